The summed E-state index contributed by atoms with van der Waals surface area (Å²) in [7, 11) is 0. The lowest BCUT2D eigenvalue weighted by atomic mass is 9.98. The quantitative estimate of drug-likeness (QED) is 0.629. The fourth-order valence-corrected chi connectivity index (χ4v) is 4.47. The maximum absolute atomic E-state index is 12.9. The Bertz CT molecular complexity index is 961. The topological polar surface area (TPSA) is 74.0 Å². The van der Waals surface area contributed by atoms with Crippen molar-refractivity contribution in [3.8, 4) is 0 Å². The third-order valence-electron chi connectivity index (χ3n) is 6.03. The van der Waals surface area contributed by atoms with E-state index in [1.165, 1.54) is 25.7 Å². The van der Waals surface area contributed by atoms with Gasteiger partial charge in [-0.25, -0.2) is 0 Å². The van der Waals surface area contributed by atoms with Crippen LogP contribution in [0.4, 0.5) is 5.69 Å². The number of amides is 1. The van der Waals surface area contributed by atoms with Crippen LogP contribution in [0.1, 0.15) is 65.3 Å². The van der Waals surface area contributed by atoms with Crippen molar-refractivity contribution in [1.29, 1.82) is 0 Å². The number of benzene rings is 1. The van der Waals surface area contributed by atoms with Crippen LogP contribution in [0.3, 0.4) is 0 Å². The molecule has 3 rings (SSSR count). The number of rotatable bonds is 6. The molecule has 1 aliphatic rings. The largest absolute Gasteiger partial charge is 0.382 e. The zero-order valence-corrected chi connectivity index (χ0v) is 18.4. The number of halogens is 1. The van der Waals surface area contributed by atoms with Crippen molar-refractivity contribution in [3.63, 3.8) is 0 Å². The van der Waals surface area contributed by atoms with E-state index in [9.17, 15) is 9.59 Å². The average molecular weight is 416 g/mol. The number of pyridine rings is 1. The molecule has 0 radical (unpaired) electrons. The molecule has 1 amide bonds. The number of aryl methyl sites for hydroxylation is 2. The van der Waals surface area contributed by atoms with Crippen molar-refractivity contribution >= 4 is 23.2 Å². The van der Waals surface area contributed by atoms with Crippen LogP contribution in [-0.2, 0) is 6.54 Å². The van der Waals surface area contributed by atoms with Crippen molar-refractivity contribution in [1.82, 2.24) is 10.3 Å². The van der Waals surface area contributed by atoms with Gasteiger partial charge in [-0.2, -0.15) is 0 Å². The summed E-state index contributed by atoms with van der Waals surface area (Å²) in [6.45, 7) is 8.02. The van der Waals surface area contributed by atoms with E-state index < -0.39 is 0 Å². The van der Waals surface area contributed by atoms with E-state index in [1.54, 1.807) is 6.07 Å². The van der Waals surface area contributed by atoms with Gasteiger partial charge in [-0.3, -0.25) is 9.59 Å². The van der Waals surface area contributed by atoms with Gasteiger partial charge in [0.1, 0.15) is 0 Å². The van der Waals surface area contributed by atoms with Crippen LogP contribution < -0.4 is 16.2 Å². The van der Waals surface area contributed by atoms with E-state index in [1.807, 2.05) is 32.9 Å². The highest BCUT2D eigenvalue weighted by molar-refractivity contribution is 6.31. The lowest BCUT2D eigenvalue weighted by molar-refractivity contribution is 0.0950. The number of aromatic nitrogens is 1. The van der Waals surface area contributed by atoms with E-state index in [2.05, 4.69) is 22.5 Å². The zero-order chi connectivity index (χ0) is 21.1. The van der Waals surface area contributed by atoms with Gasteiger partial charge in [-0.1, -0.05) is 24.4 Å². The molecular formula is C23H30ClN3O2. The minimum absolute atomic E-state index is 0.168. The third-order valence-corrected chi connectivity index (χ3v) is 6.24. The first-order valence-electron chi connectivity index (χ1n) is 10.3. The molecule has 1 aliphatic carbocycles. The summed E-state index contributed by atoms with van der Waals surface area (Å²) < 4.78 is 0. The minimum Gasteiger partial charge on any atom is -0.382 e. The highest BCUT2D eigenvalue weighted by Crippen LogP contribution is 2.31. The van der Waals surface area contributed by atoms with E-state index in [0.717, 1.165) is 22.5 Å². The van der Waals surface area contributed by atoms with Crippen LogP contribution in [0, 0.1) is 26.7 Å². The Kier molecular flexibility index (Phi) is 6.68. The Balaban J connectivity index is 1.77. The normalized spacial score (nSPS) is 15.3. The summed E-state index contributed by atoms with van der Waals surface area (Å²) in [5.74, 6) is 0.419. The predicted molar refractivity (Wildman–Crippen MR) is 119 cm³/mol. The van der Waals surface area contributed by atoms with E-state index >= 15 is 0 Å². The van der Waals surface area contributed by atoms with Crippen molar-refractivity contribution in [2.45, 2.75) is 66.0 Å². The molecular weight excluding hydrogens is 386 g/mol. The standard InChI is InChI=1S/C23H30ClN3O2/c1-13-9-14(2)26-23(29)20(13)12-25-22(28)19-10-18(24)11-21(15(19)3)27-16(4)17-7-5-6-8-17/h9-11,16-17,27H,5-8,12H2,1-4H3,(H,25,28)(H,26,29). The molecule has 29 heavy (non-hydrogen) atoms. The summed E-state index contributed by atoms with van der Waals surface area (Å²) in [5, 5.41) is 6.96. The van der Waals surface area contributed by atoms with Crippen LogP contribution in [0.15, 0.2) is 23.0 Å². The highest BCUT2D eigenvalue weighted by Gasteiger charge is 2.23. The van der Waals surface area contributed by atoms with Gasteiger partial charge in [0, 0.05) is 40.1 Å². The molecule has 2 aromatic rings. The Morgan fingerprint density at radius 1 is 1.21 bits per heavy atom. The fraction of sp³-hybridized carbons (Fsp3) is 0.478. The first kappa shape index (κ1) is 21.4. The number of carbonyl (C=O) groups excluding carboxylic acids is 1. The molecule has 1 heterocycles. The van der Waals surface area contributed by atoms with Crippen LogP contribution in [0.5, 0.6) is 0 Å². The Morgan fingerprint density at radius 2 is 1.90 bits per heavy atom. The summed E-state index contributed by atoms with van der Waals surface area (Å²) in [6, 6.07) is 5.80. The minimum atomic E-state index is -0.235. The van der Waals surface area contributed by atoms with Gasteiger partial charge in [0.05, 0.1) is 0 Å². The SMILES string of the molecule is Cc1cc(C)c(CNC(=O)c2cc(Cl)cc(NC(C)C3CCCC3)c2C)c(=O)[nH]1. The summed E-state index contributed by atoms with van der Waals surface area (Å²) in [5.41, 5.74) is 4.36. The molecule has 6 heteroatoms. The first-order chi connectivity index (χ1) is 13.8. The van der Waals surface area contributed by atoms with Crippen molar-refractivity contribution < 1.29 is 4.79 Å². The molecule has 0 saturated heterocycles. The highest BCUT2D eigenvalue weighted by atomic mass is 35.5. The number of aromatic amines is 1. The number of H-pyrrole nitrogens is 1. The van der Waals surface area contributed by atoms with Crippen LogP contribution >= 0.6 is 11.6 Å². The zero-order valence-electron chi connectivity index (χ0n) is 17.6. The maximum Gasteiger partial charge on any atom is 0.253 e. The number of nitrogens with one attached hydrogen (secondary N) is 3. The molecule has 1 saturated carbocycles. The van der Waals surface area contributed by atoms with Gasteiger partial charge in [-0.05, 0) is 75.8 Å². The monoisotopic (exact) mass is 415 g/mol. The molecule has 1 aromatic carbocycles. The lowest BCUT2D eigenvalue weighted by Crippen LogP contribution is -2.29. The molecule has 1 fully saturated rings. The molecule has 3 N–H and O–H groups in total. The Labute approximate surface area is 177 Å². The van der Waals surface area contributed by atoms with Gasteiger partial charge >= 0.3 is 0 Å². The Hall–Kier alpha value is -2.27. The molecule has 1 atom stereocenters. The van der Waals surface area contributed by atoms with E-state index in [4.69, 9.17) is 11.6 Å². The number of anilines is 1. The summed E-state index contributed by atoms with van der Waals surface area (Å²) >= 11 is 6.32. The maximum atomic E-state index is 12.9. The van der Waals surface area contributed by atoms with Crippen molar-refractivity contribution in [2.24, 2.45) is 5.92 Å². The van der Waals surface area contributed by atoms with Crippen LogP contribution in [0.25, 0.3) is 0 Å². The fourth-order valence-electron chi connectivity index (χ4n) is 4.25. The molecule has 1 aromatic heterocycles. The molecule has 0 aliphatic heterocycles. The summed E-state index contributed by atoms with van der Waals surface area (Å²) in [6.07, 6.45) is 5.06. The predicted octanol–water partition coefficient (Wildman–Crippen LogP) is 4.87. The van der Waals surface area contributed by atoms with Crippen molar-refractivity contribution in [3.05, 3.63) is 61.5 Å². The van der Waals surface area contributed by atoms with E-state index in [-0.39, 0.29) is 18.0 Å². The Morgan fingerprint density at radius 3 is 2.55 bits per heavy atom. The molecule has 5 nitrogen and oxygen atoms in total. The van der Waals surface area contributed by atoms with Crippen LogP contribution in [-0.4, -0.2) is 16.9 Å². The third kappa shape index (κ3) is 5.02. The molecule has 0 bridgehead atoms. The van der Waals surface area contributed by atoms with Crippen molar-refractivity contribution in [2.75, 3.05) is 5.32 Å². The molecule has 0 spiro atoms. The second-order valence-electron chi connectivity index (χ2n) is 8.23. The van der Waals surface area contributed by atoms with Gasteiger partial charge in [0.25, 0.3) is 11.5 Å². The number of carbonyl (C=O) groups is 1. The number of hydrogen-bond donors (Lipinski definition) is 3. The smallest absolute Gasteiger partial charge is 0.253 e. The van der Waals surface area contributed by atoms with Gasteiger partial charge in [-0.15, -0.1) is 0 Å². The summed E-state index contributed by atoms with van der Waals surface area (Å²) in [4.78, 5) is 27.8. The molecule has 1 unspecified atom stereocenters. The second kappa shape index (κ2) is 9.04. The molecule has 156 valence electrons. The lowest BCUT2D eigenvalue weighted by Gasteiger charge is -2.23. The number of hydrogen-bond acceptors (Lipinski definition) is 3. The van der Waals surface area contributed by atoms with E-state index in [0.29, 0.717) is 28.1 Å². The van der Waals surface area contributed by atoms with Gasteiger partial charge in [0.15, 0.2) is 0 Å². The van der Waals surface area contributed by atoms with Crippen LogP contribution in [0.2, 0.25) is 5.02 Å². The average Bonchev–Trinajstić information content (AvgIpc) is 3.18. The van der Waals surface area contributed by atoms with Gasteiger partial charge in [0.2, 0.25) is 0 Å². The first-order valence-corrected chi connectivity index (χ1v) is 10.7. The second-order valence-corrected chi connectivity index (χ2v) is 8.67. The van der Waals surface area contributed by atoms with Gasteiger partial charge < -0.3 is 15.6 Å².